The maximum absolute atomic E-state index is 9.66. The number of benzene rings is 8. The SMILES string of the molecule is [2H]C1=C([2H])C(c2nc(-c3ccccc3)nc(-c3ccc(-c4ccc5c(c4)sc4ccccc45)cc3)n2)C([2H])C([2H])=C1c1c([2H])c([2H])c2c3c([2H])c([2H])c([2H])c([2H])c3c3c([2H])c([2H])c([2H])c([2H])c3c2c1[2H]. The van der Waals surface area contributed by atoms with Crippen LogP contribution in [0.2, 0.25) is 0 Å². The van der Waals surface area contributed by atoms with E-state index >= 15 is 0 Å². The van der Waals surface area contributed by atoms with Crippen LogP contribution in [0.4, 0.5) is 0 Å². The van der Waals surface area contributed by atoms with Gasteiger partial charge in [-0.1, -0.05) is 164 Å². The minimum Gasteiger partial charge on any atom is -0.212 e. The number of hydrogen-bond donors (Lipinski definition) is 0. The maximum atomic E-state index is 9.66. The molecule has 0 fully saturated rings. The van der Waals surface area contributed by atoms with Gasteiger partial charge in [-0.05, 0) is 79.2 Å². The van der Waals surface area contributed by atoms with Crippen LogP contribution in [-0.2, 0) is 0 Å². The summed E-state index contributed by atoms with van der Waals surface area (Å²) in [5, 5.41) is 0.275. The number of nitrogens with zero attached hydrogens (tertiary/aromatic N) is 3. The van der Waals surface area contributed by atoms with E-state index in [2.05, 4.69) is 30.3 Å². The van der Waals surface area contributed by atoms with Crippen LogP contribution in [0.25, 0.3) is 92.0 Å². The summed E-state index contributed by atoms with van der Waals surface area (Å²) in [5.41, 5.74) is 2.11. The van der Waals surface area contributed by atoms with Crippen molar-refractivity contribution in [3.05, 3.63) is 193 Å². The van der Waals surface area contributed by atoms with E-state index in [1.807, 2.05) is 42.5 Å². The molecule has 0 bridgehead atoms. The molecule has 2 heterocycles. The van der Waals surface area contributed by atoms with E-state index in [0.29, 0.717) is 11.1 Å². The van der Waals surface area contributed by atoms with Crippen molar-refractivity contribution in [1.82, 2.24) is 15.0 Å². The van der Waals surface area contributed by atoms with Gasteiger partial charge in [0.1, 0.15) is 5.82 Å². The zero-order valence-electron chi connectivity index (χ0n) is 43.6. The summed E-state index contributed by atoms with van der Waals surface area (Å²) in [6, 6.07) is 21.8. The molecule has 55 heavy (non-hydrogen) atoms. The smallest absolute Gasteiger partial charge is 0.163 e. The Labute approximate surface area is 343 Å². The first-order chi connectivity index (χ1) is 33.5. The number of allylic oxidation sites excluding steroid dienone is 4. The van der Waals surface area contributed by atoms with E-state index in [-0.39, 0.29) is 49.8 Å². The maximum Gasteiger partial charge on any atom is 0.163 e. The lowest BCUT2D eigenvalue weighted by Crippen LogP contribution is -2.08. The van der Waals surface area contributed by atoms with Crippen molar-refractivity contribution < 1.29 is 20.6 Å². The molecule has 4 heteroatoms. The van der Waals surface area contributed by atoms with E-state index in [1.54, 1.807) is 35.6 Å². The van der Waals surface area contributed by atoms with E-state index in [4.69, 9.17) is 25.9 Å². The fraction of sp³-hybridized carbons (Fsp3) is 0.0392. The largest absolute Gasteiger partial charge is 0.212 e. The number of fused-ring (bicyclic) bond motifs is 9. The van der Waals surface area contributed by atoms with Crippen molar-refractivity contribution in [3.8, 4) is 33.9 Å². The molecule has 0 aliphatic heterocycles. The van der Waals surface area contributed by atoms with Crippen LogP contribution in [0, 0.1) is 0 Å². The Balaban J connectivity index is 1.07. The molecule has 1 aliphatic rings. The minimum absolute atomic E-state index is 0.0822. The lowest BCUT2D eigenvalue weighted by molar-refractivity contribution is 0.766. The first-order valence-electron chi connectivity index (χ1n) is 25.1. The van der Waals surface area contributed by atoms with Crippen molar-refractivity contribution in [2.75, 3.05) is 0 Å². The average Bonchev–Trinajstić information content (AvgIpc) is 3.75. The van der Waals surface area contributed by atoms with Gasteiger partial charge in [-0.2, -0.15) is 0 Å². The molecule has 0 saturated heterocycles. The second-order valence-corrected chi connectivity index (χ2v) is 14.1. The molecule has 3 nitrogen and oxygen atoms in total. The highest BCUT2D eigenvalue weighted by molar-refractivity contribution is 7.25. The Morgan fingerprint density at radius 1 is 0.509 bits per heavy atom. The summed E-state index contributed by atoms with van der Waals surface area (Å²) in [5.74, 6) is -1.08. The van der Waals surface area contributed by atoms with Crippen LogP contribution in [0.1, 0.15) is 44.3 Å². The predicted octanol–water partition coefficient (Wildman–Crippen LogP) is 13.8. The molecule has 11 rings (SSSR count). The molecule has 0 radical (unpaired) electrons. The van der Waals surface area contributed by atoms with Gasteiger partial charge in [0.05, 0.1) is 19.2 Å². The minimum atomic E-state index is -1.71. The Bertz CT molecular complexity index is 3980. The molecule has 1 aliphatic carbocycles. The summed E-state index contributed by atoms with van der Waals surface area (Å²) >= 11 is 1.72. The van der Waals surface area contributed by atoms with Crippen LogP contribution in [0.15, 0.2) is 182 Å². The molecule has 0 spiro atoms. The Morgan fingerprint density at radius 3 is 1.85 bits per heavy atom. The van der Waals surface area contributed by atoms with Crippen LogP contribution in [0.5, 0.6) is 0 Å². The first kappa shape index (κ1) is 20.1. The second-order valence-electron chi connectivity index (χ2n) is 13.0. The van der Waals surface area contributed by atoms with E-state index < -0.39 is 108 Å². The second kappa shape index (κ2) is 13.0. The molecular weight excluding hydrogens is 687 g/mol. The molecule has 0 amide bonds. The van der Waals surface area contributed by atoms with Gasteiger partial charge in [-0.25, -0.2) is 15.0 Å². The third kappa shape index (κ3) is 5.53. The van der Waals surface area contributed by atoms with Crippen molar-refractivity contribution >= 4 is 69.4 Å². The van der Waals surface area contributed by atoms with Gasteiger partial charge in [-0.15, -0.1) is 11.3 Å². The third-order valence-electron chi connectivity index (χ3n) is 9.75. The number of thiophene rings is 1. The van der Waals surface area contributed by atoms with Crippen molar-refractivity contribution in [3.63, 3.8) is 0 Å². The van der Waals surface area contributed by atoms with Crippen LogP contribution >= 0.6 is 11.3 Å². The standard InChI is InChI=1S/C51H33N3S/c1-2-10-34(11-3-1)49-52-50(54-51(53-49)36-24-20-33(21-25-36)38-27-29-45-44-16-8-9-17-47(44)55-48(45)31-38)35-22-18-32(19-23-35)37-26-28-43-41-14-5-4-12-39(41)40-13-6-7-15-42(40)46(43)30-37/h1-22,24-31,35H,23H2/i4D,5D,6D,7D,12D,13D,14D,15D,18D,19D,22D,23D,26D,28D,30D. The first-order valence-corrected chi connectivity index (χ1v) is 18.3. The molecule has 258 valence electrons. The molecule has 0 N–H and O–H groups in total. The van der Waals surface area contributed by atoms with Gasteiger partial charge >= 0.3 is 0 Å². The predicted molar refractivity (Wildman–Crippen MR) is 232 cm³/mol. The molecule has 2 unspecified atom stereocenters. The third-order valence-corrected chi connectivity index (χ3v) is 10.9. The summed E-state index contributed by atoms with van der Waals surface area (Å²) in [7, 11) is 0. The highest BCUT2D eigenvalue weighted by atomic mass is 32.1. The van der Waals surface area contributed by atoms with E-state index in [9.17, 15) is 9.60 Å². The van der Waals surface area contributed by atoms with Gasteiger partial charge in [0.2, 0.25) is 0 Å². The van der Waals surface area contributed by atoms with Gasteiger partial charge in [0.15, 0.2) is 11.6 Å². The highest BCUT2D eigenvalue weighted by Crippen LogP contribution is 2.39. The molecule has 8 aromatic carbocycles. The quantitative estimate of drug-likeness (QED) is 0.165. The average molecular weight is 735 g/mol. The van der Waals surface area contributed by atoms with Gasteiger partial charge in [0, 0.05) is 38.6 Å². The molecule has 2 atom stereocenters. The summed E-state index contributed by atoms with van der Waals surface area (Å²) in [4.78, 5) is 14.3. The fourth-order valence-electron chi connectivity index (χ4n) is 7.04. The summed E-state index contributed by atoms with van der Waals surface area (Å²) in [6.45, 7) is 0. The van der Waals surface area contributed by atoms with Gasteiger partial charge in [-0.3, -0.25) is 0 Å². The van der Waals surface area contributed by atoms with Crippen molar-refractivity contribution in [2.24, 2.45) is 0 Å². The number of rotatable bonds is 5. The van der Waals surface area contributed by atoms with E-state index in [0.717, 1.165) is 15.8 Å². The van der Waals surface area contributed by atoms with Gasteiger partial charge < -0.3 is 0 Å². The fourth-order valence-corrected chi connectivity index (χ4v) is 8.19. The van der Waals surface area contributed by atoms with Crippen LogP contribution in [-0.4, -0.2) is 15.0 Å². The lowest BCUT2D eigenvalue weighted by atomic mass is 9.89. The van der Waals surface area contributed by atoms with Crippen molar-refractivity contribution in [2.45, 2.75) is 12.3 Å². The number of hydrogen-bond acceptors (Lipinski definition) is 4. The topological polar surface area (TPSA) is 38.7 Å². The van der Waals surface area contributed by atoms with Crippen LogP contribution in [0.3, 0.4) is 0 Å². The highest BCUT2D eigenvalue weighted by Gasteiger charge is 2.20. The molecule has 2 aromatic heterocycles. The molecular formula is C51H33N3S. The summed E-state index contributed by atoms with van der Waals surface area (Å²) < 4.78 is 138. The van der Waals surface area contributed by atoms with Crippen molar-refractivity contribution in [1.29, 1.82) is 0 Å². The lowest BCUT2D eigenvalue weighted by Gasteiger charge is -2.18. The van der Waals surface area contributed by atoms with Crippen LogP contribution < -0.4 is 0 Å². The molecule has 0 saturated carbocycles. The van der Waals surface area contributed by atoms with E-state index in [1.165, 1.54) is 15.5 Å². The Hall–Kier alpha value is -6.75. The Morgan fingerprint density at radius 2 is 1.11 bits per heavy atom. The number of aromatic nitrogens is 3. The zero-order chi connectivity index (χ0) is 49.3. The Kier molecular flexibility index (Phi) is 4.74. The summed E-state index contributed by atoms with van der Waals surface area (Å²) in [6.07, 6.45) is -1.71. The normalized spacial score (nSPS) is 20.0. The zero-order valence-corrected chi connectivity index (χ0v) is 29.5. The van der Waals surface area contributed by atoms with Gasteiger partial charge in [0.25, 0.3) is 0 Å². The molecule has 10 aromatic rings. The monoisotopic (exact) mass is 734 g/mol.